The Labute approximate surface area is 154 Å². The second-order valence-electron chi connectivity index (χ2n) is 5.49. The van der Waals surface area contributed by atoms with Crippen LogP contribution in [0.1, 0.15) is 21.7 Å². The van der Waals surface area contributed by atoms with Crippen molar-refractivity contribution in [3.8, 4) is 10.8 Å². The standard InChI is InChI=1S/C17H19N3O3S2/c1-11-9-13(12(2)20(11)6-7-22-3)14(21)10-25-17-19-18-16(23-17)15-5-4-8-24-15/h4-5,8-9H,6-7,10H2,1-3H3. The first-order chi connectivity index (χ1) is 12.1. The van der Waals surface area contributed by atoms with Gasteiger partial charge in [-0.05, 0) is 31.4 Å². The molecule has 8 heteroatoms. The van der Waals surface area contributed by atoms with Crippen LogP contribution in [0.15, 0.2) is 33.2 Å². The summed E-state index contributed by atoms with van der Waals surface area (Å²) in [5.41, 5.74) is 2.75. The molecule has 0 bridgehead atoms. The van der Waals surface area contributed by atoms with Crippen molar-refractivity contribution >= 4 is 28.9 Å². The molecule has 6 nitrogen and oxygen atoms in total. The van der Waals surface area contributed by atoms with Crippen molar-refractivity contribution < 1.29 is 13.9 Å². The van der Waals surface area contributed by atoms with E-state index in [-0.39, 0.29) is 11.5 Å². The summed E-state index contributed by atoms with van der Waals surface area (Å²) in [6, 6.07) is 5.78. The van der Waals surface area contributed by atoms with Crippen LogP contribution in [0.3, 0.4) is 0 Å². The van der Waals surface area contributed by atoms with Gasteiger partial charge in [-0.1, -0.05) is 17.8 Å². The Bertz CT molecular complexity index is 853. The van der Waals surface area contributed by atoms with Gasteiger partial charge >= 0.3 is 0 Å². The zero-order chi connectivity index (χ0) is 17.8. The maximum atomic E-state index is 12.6. The Morgan fingerprint density at radius 2 is 2.24 bits per heavy atom. The number of Topliss-reactive ketones (excluding diaryl/α,β-unsaturated/α-hetero) is 1. The molecule has 3 heterocycles. The Morgan fingerprint density at radius 3 is 2.96 bits per heavy atom. The second kappa shape index (κ2) is 7.99. The highest BCUT2D eigenvalue weighted by Crippen LogP contribution is 2.27. The molecule has 3 rings (SSSR count). The molecule has 0 radical (unpaired) electrons. The number of nitrogens with zero attached hydrogens (tertiary/aromatic N) is 3. The van der Waals surface area contributed by atoms with Crippen LogP contribution in [0, 0.1) is 13.8 Å². The first-order valence-corrected chi connectivity index (χ1v) is 9.65. The fourth-order valence-electron chi connectivity index (χ4n) is 2.58. The van der Waals surface area contributed by atoms with E-state index in [1.54, 1.807) is 7.11 Å². The lowest BCUT2D eigenvalue weighted by molar-refractivity contribution is 0.102. The van der Waals surface area contributed by atoms with Gasteiger partial charge in [-0.15, -0.1) is 21.5 Å². The van der Waals surface area contributed by atoms with E-state index in [2.05, 4.69) is 14.8 Å². The molecule has 0 N–H and O–H groups in total. The zero-order valence-corrected chi connectivity index (χ0v) is 15.9. The van der Waals surface area contributed by atoms with E-state index >= 15 is 0 Å². The Kier molecular flexibility index (Phi) is 5.72. The van der Waals surface area contributed by atoms with Crippen LogP contribution in [0.25, 0.3) is 10.8 Å². The van der Waals surface area contributed by atoms with E-state index in [1.807, 2.05) is 37.4 Å². The largest absolute Gasteiger partial charge is 0.410 e. The third kappa shape index (κ3) is 4.02. The number of aromatic nitrogens is 3. The topological polar surface area (TPSA) is 70.2 Å². The summed E-state index contributed by atoms with van der Waals surface area (Å²) < 4.78 is 12.8. The van der Waals surface area contributed by atoms with Gasteiger partial charge in [0.15, 0.2) is 5.78 Å². The summed E-state index contributed by atoms with van der Waals surface area (Å²) in [5.74, 6) is 0.807. The predicted octanol–water partition coefficient (Wildman–Crippen LogP) is 3.84. The number of hydrogen-bond donors (Lipinski definition) is 0. The van der Waals surface area contributed by atoms with Crippen LogP contribution in [0.5, 0.6) is 0 Å². The number of ketones is 1. The molecule has 0 atom stereocenters. The van der Waals surface area contributed by atoms with Gasteiger partial charge in [0.1, 0.15) is 0 Å². The summed E-state index contributed by atoms with van der Waals surface area (Å²) in [4.78, 5) is 13.5. The second-order valence-corrected chi connectivity index (χ2v) is 7.37. The summed E-state index contributed by atoms with van der Waals surface area (Å²) >= 11 is 2.80. The van der Waals surface area contributed by atoms with Gasteiger partial charge in [-0.3, -0.25) is 4.79 Å². The van der Waals surface area contributed by atoms with Crippen molar-refractivity contribution in [1.29, 1.82) is 0 Å². The first-order valence-electron chi connectivity index (χ1n) is 7.79. The van der Waals surface area contributed by atoms with Crippen molar-refractivity contribution in [3.63, 3.8) is 0 Å². The molecule has 3 aromatic rings. The monoisotopic (exact) mass is 377 g/mol. The molecule has 0 spiro atoms. The fraction of sp³-hybridized carbons (Fsp3) is 0.353. The van der Waals surface area contributed by atoms with Crippen LogP contribution in [0.2, 0.25) is 0 Å². The average Bonchev–Trinajstić information content (AvgIpc) is 3.32. The number of carbonyl (C=O) groups is 1. The fourth-order valence-corrected chi connectivity index (χ4v) is 3.87. The molecule has 0 aliphatic carbocycles. The van der Waals surface area contributed by atoms with E-state index in [9.17, 15) is 4.79 Å². The van der Waals surface area contributed by atoms with E-state index in [4.69, 9.17) is 9.15 Å². The van der Waals surface area contributed by atoms with Gasteiger partial charge in [-0.25, -0.2) is 0 Å². The Balaban J connectivity index is 1.65. The van der Waals surface area contributed by atoms with Crippen LogP contribution < -0.4 is 0 Å². The van der Waals surface area contributed by atoms with Gasteiger partial charge in [0, 0.05) is 30.6 Å². The maximum Gasteiger partial charge on any atom is 0.277 e. The molecule has 0 saturated carbocycles. The zero-order valence-electron chi connectivity index (χ0n) is 14.3. The molecular formula is C17H19N3O3S2. The molecule has 132 valence electrons. The highest BCUT2D eigenvalue weighted by atomic mass is 32.2. The minimum absolute atomic E-state index is 0.0534. The lowest BCUT2D eigenvalue weighted by atomic mass is 10.2. The summed E-state index contributed by atoms with van der Waals surface area (Å²) in [6.45, 7) is 5.31. The van der Waals surface area contributed by atoms with Crippen LogP contribution in [-0.4, -0.2) is 40.0 Å². The Hall–Kier alpha value is -1.90. The number of ether oxygens (including phenoxy) is 1. The minimum Gasteiger partial charge on any atom is -0.410 e. The van der Waals surface area contributed by atoms with Crippen molar-refractivity contribution in [2.75, 3.05) is 19.5 Å². The van der Waals surface area contributed by atoms with Crippen molar-refractivity contribution in [1.82, 2.24) is 14.8 Å². The summed E-state index contributed by atoms with van der Waals surface area (Å²) in [6.07, 6.45) is 0. The molecule has 0 aromatic carbocycles. The number of aryl methyl sites for hydroxylation is 1. The lowest BCUT2D eigenvalue weighted by Crippen LogP contribution is -2.09. The van der Waals surface area contributed by atoms with Gasteiger partial charge in [0.2, 0.25) is 0 Å². The quantitative estimate of drug-likeness (QED) is 0.439. The first kappa shape index (κ1) is 17.9. The van der Waals surface area contributed by atoms with Gasteiger partial charge < -0.3 is 13.7 Å². The molecular weight excluding hydrogens is 358 g/mol. The minimum atomic E-state index is 0.0534. The number of rotatable bonds is 8. The number of methoxy groups -OCH3 is 1. The molecule has 0 amide bonds. The smallest absolute Gasteiger partial charge is 0.277 e. The SMILES string of the molecule is COCCn1c(C)cc(C(=O)CSc2nnc(-c3cccs3)o2)c1C. The highest BCUT2D eigenvalue weighted by molar-refractivity contribution is 7.99. The maximum absolute atomic E-state index is 12.6. The Morgan fingerprint density at radius 1 is 1.40 bits per heavy atom. The molecule has 0 saturated heterocycles. The summed E-state index contributed by atoms with van der Waals surface area (Å²) in [5, 5.41) is 10.4. The lowest BCUT2D eigenvalue weighted by Gasteiger charge is -2.08. The van der Waals surface area contributed by atoms with E-state index in [0.29, 0.717) is 17.7 Å². The molecule has 0 aliphatic rings. The van der Waals surface area contributed by atoms with E-state index in [1.165, 1.54) is 23.1 Å². The van der Waals surface area contributed by atoms with Crippen molar-refractivity contribution in [2.45, 2.75) is 25.6 Å². The van der Waals surface area contributed by atoms with Crippen LogP contribution >= 0.6 is 23.1 Å². The number of thioether (sulfide) groups is 1. The van der Waals surface area contributed by atoms with Crippen LogP contribution in [-0.2, 0) is 11.3 Å². The van der Waals surface area contributed by atoms with E-state index < -0.39 is 0 Å². The van der Waals surface area contributed by atoms with Gasteiger partial charge in [0.05, 0.1) is 17.2 Å². The predicted molar refractivity (Wildman–Crippen MR) is 98.4 cm³/mol. The van der Waals surface area contributed by atoms with Gasteiger partial charge in [-0.2, -0.15) is 0 Å². The average molecular weight is 377 g/mol. The van der Waals surface area contributed by atoms with Crippen LogP contribution in [0.4, 0.5) is 0 Å². The van der Waals surface area contributed by atoms with Crippen molar-refractivity contribution in [3.05, 3.63) is 40.5 Å². The van der Waals surface area contributed by atoms with Gasteiger partial charge in [0.25, 0.3) is 11.1 Å². The highest BCUT2D eigenvalue weighted by Gasteiger charge is 2.17. The third-order valence-electron chi connectivity index (χ3n) is 3.86. The normalized spacial score (nSPS) is 11.2. The number of carbonyl (C=O) groups excluding carboxylic acids is 1. The van der Waals surface area contributed by atoms with E-state index in [0.717, 1.165) is 28.4 Å². The van der Waals surface area contributed by atoms with Crippen molar-refractivity contribution in [2.24, 2.45) is 0 Å². The molecule has 0 unspecified atom stereocenters. The third-order valence-corrected chi connectivity index (χ3v) is 5.53. The molecule has 25 heavy (non-hydrogen) atoms. The molecule has 0 aliphatic heterocycles. The number of thiophene rings is 1. The molecule has 0 fully saturated rings. The summed E-state index contributed by atoms with van der Waals surface area (Å²) in [7, 11) is 1.67. The number of hydrogen-bond acceptors (Lipinski definition) is 7. The molecule has 3 aromatic heterocycles.